The molecule has 8 nitrogen and oxygen atoms in total. The van der Waals surface area contributed by atoms with Crippen molar-refractivity contribution in [3.8, 4) is 5.88 Å². The number of hydrogen-bond acceptors (Lipinski definition) is 6. The molecule has 29 heavy (non-hydrogen) atoms. The quantitative estimate of drug-likeness (QED) is 0.560. The Bertz CT molecular complexity index is 935. The number of benzene rings is 1. The highest BCUT2D eigenvalue weighted by molar-refractivity contribution is 5.96. The summed E-state index contributed by atoms with van der Waals surface area (Å²) >= 11 is 0. The molecule has 0 aliphatic heterocycles. The lowest BCUT2D eigenvalue weighted by Crippen LogP contribution is -2.29. The zero-order valence-corrected chi connectivity index (χ0v) is 17.6. The number of non-ortho nitro benzene ring substituents is 1. The summed E-state index contributed by atoms with van der Waals surface area (Å²) in [6.45, 7) is 9.02. The average molecular weight is 401 g/mol. The van der Waals surface area contributed by atoms with Crippen LogP contribution >= 0.6 is 0 Å². The Labute approximate surface area is 170 Å². The Morgan fingerprint density at radius 2 is 2.03 bits per heavy atom. The molecule has 0 spiro atoms. The van der Waals surface area contributed by atoms with Crippen molar-refractivity contribution in [1.82, 2.24) is 4.98 Å². The van der Waals surface area contributed by atoms with Gasteiger partial charge in [-0.3, -0.25) is 14.9 Å². The van der Waals surface area contributed by atoms with Gasteiger partial charge in [0.25, 0.3) is 5.69 Å². The highest BCUT2D eigenvalue weighted by Crippen LogP contribution is 2.39. The summed E-state index contributed by atoms with van der Waals surface area (Å²) in [4.78, 5) is 27.7. The molecule has 2 aromatic rings. The molecule has 0 saturated carbocycles. The Hall–Kier alpha value is -3.00. The fourth-order valence-electron chi connectivity index (χ4n) is 3.03. The number of nitro groups is 1. The van der Waals surface area contributed by atoms with Crippen molar-refractivity contribution in [1.29, 1.82) is 0 Å². The van der Waals surface area contributed by atoms with Gasteiger partial charge in [0.2, 0.25) is 11.8 Å². The second-order valence-electron chi connectivity index (χ2n) is 7.79. The van der Waals surface area contributed by atoms with Gasteiger partial charge in [-0.1, -0.05) is 39.8 Å². The van der Waals surface area contributed by atoms with E-state index in [9.17, 15) is 20.0 Å². The van der Waals surface area contributed by atoms with E-state index in [1.807, 2.05) is 6.92 Å². The molecule has 1 atom stereocenters. The number of aromatic nitrogens is 1. The number of methoxy groups -OCH3 is 1. The summed E-state index contributed by atoms with van der Waals surface area (Å²) in [5.41, 5.74) is 1.62. The Kier molecular flexibility index (Phi) is 6.58. The molecule has 0 bridgehead atoms. The average Bonchev–Trinajstić information content (AvgIpc) is 2.67. The number of pyridine rings is 1. The lowest BCUT2D eigenvalue weighted by Gasteiger charge is -2.25. The zero-order valence-electron chi connectivity index (χ0n) is 17.6. The molecule has 0 radical (unpaired) electrons. The number of aliphatic hydroxyl groups is 1. The van der Waals surface area contributed by atoms with Crippen molar-refractivity contribution in [2.24, 2.45) is 5.41 Å². The van der Waals surface area contributed by atoms with Crippen LogP contribution in [-0.4, -0.2) is 28.0 Å². The number of amides is 1. The predicted molar refractivity (Wildman–Crippen MR) is 110 cm³/mol. The molecule has 1 amide bonds. The first-order valence-electron chi connectivity index (χ1n) is 9.32. The zero-order chi connectivity index (χ0) is 21.9. The number of aryl methyl sites for hydroxylation is 1. The minimum absolute atomic E-state index is 0.127. The molecule has 1 aromatic carbocycles. The van der Waals surface area contributed by atoms with Gasteiger partial charge in [0, 0.05) is 28.8 Å². The molecule has 0 aliphatic carbocycles. The number of nitrogens with one attached hydrogen (secondary N) is 1. The first-order chi connectivity index (χ1) is 13.5. The van der Waals surface area contributed by atoms with E-state index in [1.165, 1.54) is 25.3 Å². The third-order valence-corrected chi connectivity index (χ3v) is 4.65. The van der Waals surface area contributed by atoms with E-state index in [4.69, 9.17) is 4.74 Å². The Morgan fingerprint density at radius 3 is 2.55 bits per heavy atom. The minimum atomic E-state index is -1.21. The van der Waals surface area contributed by atoms with Crippen LogP contribution in [0, 0.1) is 22.5 Å². The van der Waals surface area contributed by atoms with Gasteiger partial charge in [-0.25, -0.2) is 4.98 Å². The molecule has 1 heterocycles. The number of anilines is 1. The van der Waals surface area contributed by atoms with E-state index in [2.05, 4.69) is 10.3 Å². The molecular weight excluding hydrogens is 374 g/mol. The molecule has 156 valence electrons. The lowest BCUT2D eigenvalue weighted by atomic mass is 9.91. The topological polar surface area (TPSA) is 115 Å². The van der Waals surface area contributed by atoms with E-state index in [0.29, 0.717) is 23.2 Å². The van der Waals surface area contributed by atoms with E-state index in [-0.39, 0.29) is 23.2 Å². The van der Waals surface area contributed by atoms with Crippen molar-refractivity contribution in [2.75, 3.05) is 12.4 Å². The van der Waals surface area contributed by atoms with Crippen molar-refractivity contribution in [2.45, 2.75) is 47.1 Å². The minimum Gasteiger partial charge on any atom is -0.479 e. The van der Waals surface area contributed by atoms with Crippen LogP contribution in [0.2, 0.25) is 0 Å². The fourth-order valence-corrected chi connectivity index (χ4v) is 3.03. The predicted octanol–water partition coefficient (Wildman–Crippen LogP) is 3.94. The molecule has 2 N–H and O–H groups in total. The first-order valence-corrected chi connectivity index (χ1v) is 9.32. The number of hydrogen-bond donors (Lipinski definition) is 2. The molecule has 8 heteroatoms. The van der Waals surface area contributed by atoms with Crippen molar-refractivity contribution >= 4 is 17.3 Å². The van der Waals surface area contributed by atoms with Gasteiger partial charge in [0.15, 0.2) is 0 Å². The van der Waals surface area contributed by atoms with Gasteiger partial charge in [-0.15, -0.1) is 0 Å². The van der Waals surface area contributed by atoms with Crippen LogP contribution in [0.25, 0.3) is 0 Å². The molecule has 2 rings (SSSR count). The number of nitro benzene ring substituents is 1. The van der Waals surface area contributed by atoms with Crippen LogP contribution in [0.4, 0.5) is 11.4 Å². The summed E-state index contributed by atoms with van der Waals surface area (Å²) in [5, 5.41) is 25.2. The summed E-state index contributed by atoms with van der Waals surface area (Å²) < 4.78 is 5.38. The molecular formula is C21H27N3O5. The van der Waals surface area contributed by atoms with Gasteiger partial charge >= 0.3 is 0 Å². The maximum atomic E-state index is 12.7. The van der Waals surface area contributed by atoms with Gasteiger partial charge < -0.3 is 15.2 Å². The molecule has 0 aliphatic rings. The largest absolute Gasteiger partial charge is 0.479 e. The van der Waals surface area contributed by atoms with Crippen LogP contribution in [0.5, 0.6) is 5.88 Å². The summed E-state index contributed by atoms with van der Waals surface area (Å²) in [5.74, 6) is -0.0900. The Morgan fingerprint density at radius 1 is 1.38 bits per heavy atom. The van der Waals surface area contributed by atoms with E-state index in [1.54, 1.807) is 33.8 Å². The van der Waals surface area contributed by atoms with Gasteiger partial charge in [-0.05, 0) is 24.5 Å². The molecule has 0 saturated heterocycles. The summed E-state index contributed by atoms with van der Waals surface area (Å²) in [6.07, 6.45) is -0.668. The number of nitrogens with zero attached hydrogens (tertiary/aromatic N) is 2. The maximum Gasteiger partial charge on any atom is 0.269 e. The summed E-state index contributed by atoms with van der Waals surface area (Å²) in [6, 6.07) is 5.80. The van der Waals surface area contributed by atoms with Crippen LogP contribution in [0.1, 0.15) is 56.2 Å². The van der Waals surface area contributed by atoms with Gasteiger partial charge in [0.1, 0.15) is 11.8 Å². The monoisotopic (exact) mass is 401 g/mol. The number of rotatable bonds is 6. The number of carbonyl (C=O) groups excluding carboxylic acids is 1. The van der Waals surface area contributed by atoms with Crippen molar-refractivity contribution in [3.63, 3.8) is 0 Å². The number of ether oxygens (including phenoxy) is 1. The van der Waals surface area contributed by atoms with Crippen LogP contribution in [0.15, 0.2) is 24.3 Å². The highest BCUT2D eigenvalue weighted by Gasteiger charge is 2.29. The van der Waals surface area contributed by atoms with E-state index < -0.39 is 16.4 Å². The summed E-state index contributed by atoms with van der Waals surface area (Å²) in [7, 11) is 1.43. The van der Waals surface area contributed by atoms with Gasteiger partial charge in [0.05, 0.1) is 12.0 Å². The van der Waals surface area contributed by atoms with Crippen LogP contribution in [0.3, 0.4) is 0 Å². The van der Waals surface area contributed by atoms with Crippen molar-refractivity contribution in [3.05, 3.63) is 56.8 Å². The van der Waals surface area contributed by atoms with Gasteiger partial charge in [-0.2, -0.15) is 0 Å². The maximum absolute atomic E-state index is 12.7. The van der Waals surface area contributed by atoms with Crippen molar-refractivity contribution < 1.29 is 19.6 Å². The third kappa shape index (κ3) is 4.71. The first kappa shape index (κ1) is 22.3. The SMILES string of the molecule is CCc1c(C)nc(OC)c(NC(=O)C(C)(C)C)c1C(O)c1cccc([N+](=O)[O-])c1. The third-order valence-electron chi connectivity index (χ3n) is 4.65. The van der Waals surface area contributed by atoms with E-state index in [0.717, 1.165) is 5.56 Å². The molecule has 0 fully saturated rings. The standard InChI is InChI=1S/C21H27N3O5/c1-7-15-12(2)22-19(29-6)17(23-20(26)21(3,4)5)16(15)18(25)13-9-8-10-14(11-13)24(27)28/h8-11,18,25H,7H2,1-6H3,(H,23,26). The van der Waals surface area contributed by atoms with E-state index >= 15 is 0 Å². The highest BCUT2D eigenvalue weighted by atomic mass is 16.6. The van der Waals surface area contributed by atoms with Crippen LogP contribution < -0.4 is 10.1 Å². The molecule has 1 unspecified atom stereocenters. The fraction of sp³-hybridized carbons (Fsp3) is 0.429. The Balaban J connectivity index is 2.73. The molecule has 1 aromatic heterocycles. The van der Waals surface area contributed by atoms with Crippen LogP contribution in [-0.2, 0) is 11.2 Å². The smallest absolute Gasteiger partial charge is 0.269 e. The number of carbonyl (C=O) groups is 1. The lowest BCUT2D eigenvalue weighted by molar-refractivity contribution is -0.385. The number of aliphatic hydroxyl groups excluding tert-OH is 1. The normalized spacial score (nSPS) is 12.4. The second kappa shape index (κ2) is 8.57. The second-order valence-corrected chi connectivity index (χ2v) is 7.79.